The molecule has 1 aromatic heterocycles. The van der Waals surface area contributed by atoms with Gasteiger partial charge in [-0.25, -0.2) is 9.59 Å². The van der Waals surface area contributed by atoms with E-state index in [0.29, 0.717) is 18.4 Å². The van der Waals surface area contributed by atoms with E-state index in [1.165, 1.54) is 31.5 Å². The van der Waals surface area contributed by atoms with E-state index >= 15 is 0 Å². The molecule has 0 aliphatic heterocycles. The van der Waals surface area contributed by atoms with E-state index < -0.39 is 23.3 Å². The summed E-state index contributed by atoms with van der Waals surface area (Å²) in [6.07, 6.45) is 13.9. The highest BCUT2D eigenvalue weighted by Gasteiger charge is 2.21. The van der Waals surface area contributed by atoms with Gasteiger partial charge < -0.3 is 14.6 Å². The molecule has 1 aromatic rings. The van der Waals surface area contributed by atoms with Crippen molar-refractivity contribution in [3.05, 3.63) is 63.9 Å². The summed E-state index contributed by atoms with van der Waals surface area (Å²) in [6.45, 7) is 5.57. The van der Waals surface area contributed by atoms with Crippen LogP contribution in [0.25, 0.3) is 0 Å². The third-order valence-electron chi connectivity index (χ3n) is 4.82. The predicted molar refractivity (Wildman–Crippen MR) is 121 cm³/mol. The number of unbranched alkanes of at least 4 members (excludes halogenated alkanes) is 4. The van der Waals surface area contributed by atoms with Crippen LogP contribution in [0.4, 0.5) is 4.79 Å². The monoisotopic (exact) mass is 431 g/mol. The van der Waals surface area contributed by atoms with Gasteiger partial charge in [0.25, 0.3) is 0 Å². The minimum atomic E-state index is -1.15. The highest BCUT2D eigenvalue weighted by atomic mass is 16.4. The summed E-state index contributed by atoms with van der Waals surface area (Å²) in [5.74, 6) is -0.900. The number of rotatable bonds is 13. The molecular weight excluding hydrogens is 398 g/mol. The van der Waals surface area contributed by atoms with Gasteiger partial charge in [0, 0.05) is 18.2 Å². The first-order valence-electron chi connectivity index (χ1n) is 10.7. The third kappa shape index (κ3) is 9.51. The summed E-state index contributed by atoms with van der Waals surface area (Å²) in [7, 11) is 0. The molecule has 7 nitrogen and oxygen atoms in total. The Labute approximate surface area is 183 Å². The standard InChI is InChI=1S/C24H33NO6/c1-4-5-6-7-8-9-10-14-18(3)22(27)21-19(26)16-20(31-23(21)28)17(2)13-11-12-15-25-24(29)30/h9-10,12,14-17,25-26H,4-8,11,13H2,1-3H3,(H,29,30)/b10-9+,15-12+,18-14+. The average Bonchev–Trinajstić information content (AvgIpc) is 2.71. The van der Waals surface area contributed by atoms with Crippen LogP contribution < -0.4 is 10.9 Å². The molecular formula is C24H33NO6. The van der Waals surface area contributed by atoms with Crippen LogP contribution in [0.5, 0.6) is 5.75 Å². The van der Waals surface area contributed by atoms with Crippen molar-refractivity contribution in [2.75, 3.05) is 0 Å². The molecule has 0 bridgehead atoms. The molecule has 1 atom stereocenters. The van der Waals surface area contributed by atoms with Crippen molar-refractivity contribution in [2.45, 2.75) is 71.6 Å². The molecule has 0 saturated heterocycles. The molecule has 7 heteroatoms. The van der Waals surface area contributed by atoms with Crippen molar-refractivity contribution in [2.24, 2.45) is 0 Å². The number of Topliss-reactive ketones (excluding diaryl/α,β-unsaturated/α-hetero) is 1. The Morgan fingerprint density at radius 2 is 1.94 bits per heavy atom. The van der Waals surface area contributed by atoms with Gasteiger partial charge in [-0.1, -0.05) is 57.4 Å². The van der Waals surface area contributed by atoms with E-state index in [1.54, 1.807) is 25.2 Å². The number of carbonyl (C=O) groups excluding carboxylic acids is 1. The van der Waals surface area contributed by atoms with Crippen molar-refractivity contribution in [1.82, 2.24) is 5.32 Å². The number of hydrogen-bond donors (Lipinski definition) is 3. The number of amides is 1. The van der Waals surface area contributed by atoms with E-state index in [-0.39, 0.29) is 17.2 Å². The van der Waals surface area contributed by atoms with E-state index in [0.717, 1.165) is 12.8 Å². The Morgan fingerprint density at radius 3 is 2.58 bits per heavy atom. The summed E-state index contributed by atoms with van der Waals surface area (Å²) < 4.78 is 5.28. The van der Waals surface area contributed by atoms with Gasteiger partial charge in [-0.3, -0.25) is 10.1 Å². The second-order valence-electron chi connectivity index (χ2n) is 7.48. The molecule has 0 aromatic carbocycles. The Bertz CT molecular complexity index is 879. The Morgan fingerprint density at radius 1 is 1.19 bits per heavy atom. The van der Waals surface area contributed by atoms with Crippen LogP contribution in [0.2, 0.25) is 0 Å². The normalized spacial score (nSPS) is 13.1. The molecule has 1 rings (SSSR count). The third-order valence-corrected chi connectivity index (χ3v) is 4.82. The molecule has 3 N–H and O–H groups in total. The molecule has 0 fully saturated rings. The molecule has 0 aliphatic carbocycles. The smallest absolute Gasteiger partial charge is 0.408 e. The quantitative estimate of drug-likeness (QED) is 0.160. The van der Waals surface area contributed by atoms with Gasteiger partial charge in [0.2, 0.25) is 0 Å². The highest BCUT2D eigenvalue weighted by molar-refractivity contribution is 6.09. The van der Waals surface area contributed by atoms with Gasteiger partial charge in [-0.05, 0) is 38.2 Å². The lowest BCUT2D eigenvalue weighted by Gasteiger charge is -2.11. The first-order chi connectivity index (χ1) is 14.8. The SMILES string of the molecule is CCCCCC/C=C/C=C(\C)C(=O)c1c(O)cc(C(C)CC/C=C/NC(=O)O)oc1=O. The zero-order chi connectivity index (χ0) is 23.2. The summed E-state index contributed by atoms with van der Waals surface area (Å²) in [6, 6.07) is 1.30. The first kappa shape index (κ1) is 25.9. The molecule has 1 unspecified atom stereocenters. The Hall–Kier alpha value is -3.09. The van der Waals surface area contributed by atoms with Gasteiger partial charge in [0.05, 0.1) is 0 Å². The summed E-state index contributed by atoms with van der Waals surface area (Å²) >= 11 is 0. The van der Waals surface area contributed by atoms with E-state index in [9.17, 15) is 19.5 Å². The van der Waals surface area contributed by atoms with Gasteiger partial charge in [-0.2, -0.15) is 0 Å². The lowest BCUT2D eigenvalue weighted by Crippen LogP contribution is -2.16. The number of carbonyl (C=O) groups is 2. The van der Waals surface area contributed by atoms with E-state index in [1.807, 2.05) is 13.0 Å². The molecule has 0 aliphatic rings. The van der Waals surface area contributed by atoms with Crippen LogP contribution in [0.1, 0.15) is 87.8 Å². The fourth-order valence-electron chi connectivity index (χ4n) is 2.92. The molecule has 0 spiro atoms. The maximum atomic E-state index is 12.6. The number of nitrogens with one attached hydrogen (secondary N) is 1. The number of aromatic hydroxyl groups is 1. The molecule has 1 heterocycles. The van der Waals surface area contributed by atoms with Crippen molar-refractivity contribution >= 4 is 11.9 Å². The zero-order valence-electron chi connectivity index (χ0n) is 18.5. The van der Waals surface area contributed by atoms with Gasteiger partial charge in [-0.15, -0.1) is 0 Å². The van der Waals surface area contributed by atoms with Crippen LogP contribution in [0.15, 0.2) is 51.4 Å². The minimum absolute atomic E-state index is 0.204. The number of allylic oxidation sites excluding steroid dienone is 5. The van der Waals surface area contributed by atoms with Crippen LogP contribution in [0.3, 0.4) is 0 Å². The first-order valence-corrected chi connectivity index (χ1v) is 10.7. The zero-order valence-corrected chi connectivity index (χ0v) is 18.5. The van der Waals surface area contributed by atoms with Crippen LogP contribution in [-0.2, 0) is 0 Å². The summed E-state index contributed by atoms with van der Waals surface area (Å²) in [5, 5.41) is 20.9. The summed E-state index contributed by atoms with van der Waals surface area (Å²) in [5.41, 5.74) is -0.901. The second kappa shape index (κ2) is 14.0. The van der Waals surface area contributed by atoms with Crippen molar-refractivity contribution in [1.29, 1.82) is 0 Å². The largest absolute Gasteiger partial charge is 0.507 e. The van der Waals surface area contributed by atoms with Gasteiger partial charge >= 0.3 is 11.7 Å². The van der Waals surface area contributed by atoms with Gasteiger partial charge in [0.15, 0.2) is 5.78 Å². The van der Waals surface area contributed by atoms with Crippen LogP contribution >= 0.6 is 0 Å². The number of carboxylic acid groups (broad SMARTS) is 1. The number of hydrogen-bond acceptors (Lipinski definition) is 5. The maximum absolute atomic E-state index is 12.6. The molecule has 0 saturated carbocycles. The van der Waals surface area contributed by atoms with Gasteiger partial charge in [0.1, 0.15) is 17.1 Å². The fraction of sp³-hybridized carbons (Fsp3) is 0.458. The molecule has 31 heavy (non-hydrogen) atoms. The molecule has 0 radical (unpaired) electrons. The molecule has 170 valence electrons. The summed E-state index contributed by atoms with van der Waals surface area (Å²) in [4.78, 5) is 35.3. The Balaban J connectivity index is 2.77. The lowest BCUT2D eigenvalue weighted by atomic mass is 10.00. The van der Waals surface area contributed by atoms with E-state index in [2.05, 4.69) is 12.2 Å². The number of ketones is 1. The van der Waals surface area contributed by atoms with Crippen LogP contribution in [-0.4, -0.2) is 22.1 Å². The minimum Gasteiger partial charge on any atom is -0.507 e. The fourth-order valence-corrected chi connectivity index (χ4v) is 2.92. The van der Waals surface area contributed by atoms with Crippen molar-refractivity contribution in [3.63, 3.8) is 0 Å². The maximum Gasteiger partial charge on any atom is 0.408 e. The van der Waals surface area contributed by atoms with Crippen molar-refractivity contribution in [3.8, 4) is 5.75 Å². The van der Waals surface area contributed by atoms with Crippen LogP contribution in [0, 0.1) is 0 Å². The van der Waals surface area contributed by atoms with E-state index in [4.69, 9.17) is 9.52 Å². The second-order valence-corrected chi connectivity index (χ2v) is 7.48. The predicted octanol–water partition coefficient (Wildman–Crippen LogP) is 5.67. The topological polar surface area (TPSA) is 117 Å². The Kier molecular flexibility index (Phi) is 11.7. The lowest BCUT2D eigenvalue weighted by molar-refractivity contribution is 0.102. The van der Waals surface area contributed by atoms with Crippen molar-refractivity contribution < 1.29 is 24.2 Å². The molecule has 1 amide bonds. The highest BCUT2D eigenvalue weighted by Crippen LogP contribution is 2.25. The average molecular weight is 432 g/mol.